The first-order chi connectivity index (χ1) is 6.72. The van der Waals surface area contributed by atoms with Crippen LogP contribution in [0.4, 0.5) is 0 Å². The van der Waals surface area contributed by atoms with Gasteiger partial charge in [-0.15, -0.1) is 0 Å². The van der Waals surface area contributed by atoms with Gasteiger partial charge in [0.2, 0.25) is 0 Å². The fraction of sp³-hybridized carbons (Fsp3) is 0.900. The van der Waals surface area contributed by atoms with Crippen LogP contribution >= 0.6 is 11.8 Å². The molecule has 0 bridgehead atoms. The Hall–Kier alpha value is -0.220. The number of esters is 1. The van der Waals surface area contributed by atoms with Crippen LogP contribution in [0.25, 0.3) is 0 Å². The van der Waals surface area contributed by atoms with Crippen molar-refractivity contribution in [3.8, 4) is 0 Å². The normalized spacial score (nSPS) is 41.9. The summed E-state index contributed by atoms with van der Waals surface area (Å²) in [5, 5.41) is 3.40. The highest BCUT2D eigenvalue weighted by Crippen LogP contribution is 2.42. The molecule has 4 unspecified atom stereocenters. The number of methoxy groups -OCH3 is 1. The molecule has 1 saturated heterocycles. The Morgan fingerprint density at radius 3 is 2.79 bits per heavy atom. The Labute approximate surface area is 89.0 Å². The quantitative estimate of drug-likeness (QED) is 0.694. The maximum absolute atomic E-state index is 11.3. The van der Waals surface area contributed by atoms with E-state index in [1.54, 1.807) is 0 Å². The SMILES string of the molecule is COC(=O)C1CSCC(C2CC2C)N1. The lowest BCUT2D eigenvalue weighted by Crippen LogP contribution is -2.51. The summed E-state index contributed by atoms with van der Waals surface area (Å²) >= 11 is 1.86. The van der Waals surface area contributed by atoms with E-state index in [1.165, 1.54) is 13.5 Å². The number of rotatable bonds is 2. The van der Waals surface area contributed by atoms with Crippen molar-refractivity contribution in [2.24, 2.45) is 11.8 Å². The van der Waals surface area contributed by atoms with Gasteiger partial charge in [0.25, 0.3) is 0 Å². The second-order valence-electron chi connectivity index (χ2n) is 4.26. The van der Waals surface area contributed by atoms with Crippen molar-refractivity contribution in [1.82, 2.24) is 5.32 Å². The zero-order valence-corrected chi connectivity index (χ0v) is 9.47. The molecular formula is C10H17NO2S. The molecule has 1 heterocycles. The van der Waals surface area contributed by atoms with E-state index >= 15 is 0 Å². The largest absolute Gasteiger partial charge is 0.468 e. The fourth-order valence-corrected chi connectivity index (χ4v) is 3.31. The van der Waals surface area contributed by atoms with Gasteiger partial charge in [-0.2, -0.15) is 11.8 Å². The molecule has 2 rings (SSSR count). The molecule has 4 heteroatoms. The third-order valence-corrected chi connectivity index (χ3v) is 4.34. The first-order valence-electron chi connectivity index (χ1n) is 5.14. The van der Waals surface area contributed by atoms with Crippen molar-refractivity contribution in [2.45, 2.75) is 25.4 Å². The van der Waals surface area contributed by atoms with Crippen molar-refractivity contribution < 1.29 is 9.53 Å². The van der Waals surface area contributed by atoms with Gasteiger partial charge in [0.1, 0.15) is 6.04 Å². The van der Waals surface area contributed by atoms with Gasteiger partial charge in [0.05, 0.1) is 7.11 Å². The van der Waals surface area contributed by atoms with Gasteiger partial charge in [-0.05, 0) is 18.3 Å². The summed E-state index contributed by atoms with van der Waals surface area (Å²) in [4.78, 5) is 11.3. The van der Waals surface area contributed by atoms with Crippen LogP contribution < -0.4 is 5.32 Å². The number of thioether (sulfide) groups is 1. The van der Waals surface area contributed by atoms with Gasteiger partial charge in [-0.1, -0.05) is 6.92 Å². The first kappa shape index (κ1) is 10.3. The fourth-order valence-electron chi connectivity index (χ4n) is 2.10. The molecular weight excluding hydrogens is 198 g/mol. The number of hydrogen-bond donors (Lipinski definition) is 1. The molecule has 80 valence electrons. The maximum Gasteiger partial charge on any atom is 0.323 e. The van der Waals surface area contributed by atoms with Crippen LogP contribution in [0.15, 0.2) is 0 Å². The minimum absolute atomic E-state index is 0.0865. The minimum atomic E-state index is -0.115. The standard InChI is InChI=1S/C10H17NO2S/c1-6-3-7(6)8-4-14-5-9(11-8)10(12)13-2/h6-9,11H,3-5H2,1-2H3. The molecule has 1 aliphatic carbocycles. The third kappa shape index (κ3) is 2.06. The highest BCUT2D eigenvalue weighted by atomic mass is 32.2. The summed E-state index contributed by atoms with van der Waals surface area (Å²) in [6, 6.07) is 0.435. The Morgan fingerprint density at radius 1 is 1.50 bits per heavy atom. The lowest BCUT2D eigenvalue weighted by atomic mass is 10.1. The predicted octanol–water partition coefficient (Wildman–Crippen LogP) is 0.889. The van der Waals surface area contributed by atoms with E-state index in [0.717, 1.165) is 23.3 Å². The van der Waals surface area contributed by atoms with Gasteiger partial charge in [0.15, 0.2) is 0 Å². The molecule has 14 heavy (non-hydrogen) atoms. The lowest BCUT2D eigenvalue weighted by molar-refractivity contribution is -0.142. The molecule has 4 atom stereocenters. The predicted molar refractivity (Wildman–Crippen MR) is 57.3 cm³/mol. The van der Waals surface area contributed by atoms with Crippen LogP contribution in [-0.2, 0) is 9.53 Å². The zero-order valence-electron chi connectivity index (χ0n) is 8.66. The van der Waals surface area contributed by atoms with E-state index in [4.69, 9.17) is 4.74 Å². The summed E-state index contributed by atoms with van der Waals surface area (Å²) in [5.41, 5.74) is 0. The van der Waals surface area contributed by atoms with Crippen LogP contribution in [0.2, 0.25) is 0 Å². The summed E-state index contributed by atoms with van der Waals surface area (Å²) in [7, 11) is 1.46. The third-order valence-electron chi connectivity index (χ3n) is 3.17. The molecule has 0 radical (unpaired) electrons. The molecule has 2 fully saturated rings. The monoisotopic (exact) mass is 215 g/mol. The van der Waals surface area contributed by atoms with E-state index in [9.17, 15) is 4.79 Å². The van der Waals surface area contributed by atoms with Crippen molar-refractivity contribution in [3.05, 3.63) is 0 Å². The van der Waals surface area contributed by atoms with Crippen LogP contribution in [-0.4, -0.2) is 36.7 Å². The highest BCUT2D eigenvalue weighted by molar-refractivity contribution is 7.99. The van der Waals surface area contributed by atoms with Gasteiger partial charge < -0.3 is 4.74 Å². The Bertz CT molecular complexity index is 234. The summed E-state index contributed by atoms with van der Waals surface area (Å²) in [5.74, 6) is 3.50. The van der Waals surface area contributed by atoms with Crippen LogP contribution in [0.3, 0.4) is 0 Å². The van der Waals surface area contributed by atoms with Gasteiger partial charge in [-0.25, -0.2) is 0 Å². The van der Waals surface area contributed by atoms with E-state index < -0.39 is 0 Å². The van der Waals surface area contributed by atoms with Crippen LogP contribution in [0.5, 0.6) is 0 Å². The average Bonchev–Trinajstić information content (AvgIpc) is 2.95. The summed E-state index contributed by atoms with van der Waals surface area (Å²) in [6.07, 6.45) is 1.31. The van der Waals surface area contributed by atoms with Crippen LogP contribution in [0, 0.1) is 11.8 Å². The molecule has 0 aromatic carbocycles. The van der Waals surface area contributed by atoms with E-state index in [1.807, 2.05) is 11.8 Å². The Kier molecular flexibility index (Phi) is 3.02. The van der Waals surface area contributed by atoms with Gasteiger partial charge in [-0.3, -0.25) is 10.1 Å². The van der Waals surface area contributed by atoms with Crippen molar-refractivity contribution >= 4 is 17.7 Å². The van der Waals surface area contributed by atoms with E-state index in [2.05, 4.69) is 12.2 Å². The molecule has 0 spiro atoms. The number of nitrogens with one attached hydrogen (secondary N) is 1. The molecule has 1 aliphatic heterocycles. The molecule has 0 aromatic rings. The van der Waals surface area contributed by atoms with Crippen molar-refractivity contribution in [2.75, 3.05) is 18.6 Å². The van der Waals surface area contributed by atoms with Gasteiger partial charge in [0, 0.05) is 17.5 Å². The number of hydrogen-bond acceptors (Lipinski definition) is 4. The number of carbonyl (C=O) groups excluding carboxylic acids is 1. The molecule has 3 nitrogen and oxygen atoms in total. The number of ether oxygens (including phenoxy) is 1. The Morgan fingerprint density at radius 2 is 2.21 bits per heavy atom. The second kappa shape index (κ2) is 4.11. The zero-order chi connectivity index (χ0) is 10.1. The van der Waals surface area contributed by atoms with Crippen molar-refractivity contribution in [1.29, 1.82) is 0 Å². The molecule has 1 saturated carbocycles. The van der Waals surface area contributed by atoms with Crippen LogP contribution in [0.1, 0.15) is 13.3 Å². The second-order valence-corrected chi connectivity index (χ2v) is 5.34. The topological polar surface area (TPSA) is 38.3 Å². The lowest BCUT2D eigenvalue weighted by Gasteiger charge is -2.29. The maximum atomic E-state index is 11.3. The minimum Gasteiger partial charge on any atom is -0.468 e. The summed E-state index contributed by atoms with van der Waals surface area (Å²) in [6.45, 7) is 2.28. The average molecular weight is 215 g/mol. The van der Waals surface area contributed by atoms with E-state index in [0.29, 0.717) is 6.04 Å². The Balaban J connectivity index is 1.87. The molecule has 0 amide bonds. The van der Waals surface area contributed by atoms with E-state index in [-0.39, 0.29) is 12.0 Å². The first-order valence-corrected chi connectivity index (χ1v) is 6.29. The van der Waals surface area contributed by atoms with Crippen molar-refractivity contribution in [3.63, 3.8) is 0 Å². The van der Waals surface area contributed by atoms with Gasteiger partial charge >= 0.3 is 5.97 Å². The molecule has 2 aliphatic rings. The smallest absolute Gasteiger partial charge is 0.323 e. The number of carbonyl (C=O) groups is 1. The summed E-state index contributed by atoms with van der Waals surface area (Å²) < 4.78 is 4.75. The molecule has 0 aromatic heterocycles. The molecule has 1 N–H and O–H groups in total. The highest BCUT2D eigenvalue weighted by Gasteiger charge is 2.42.